The lowest BCUT2D eigenvalue weighted by atomic mass is 9.87. The van der Waals surface area contributed by atoms with E-state index >= 15 is 0 Å². The predicted molar refractivity (Wildman–Crippen MR) is 54.3 cm³/mol. The van der Waals surface area contributed by atoms with Gasteiger partial charge in [-0.05, 0) is 27.7 Å². The molecule has 0 aliphatic rings. The molecule has 5 heteroatoms. The molecule has 1 atom stereocenters. The number of hydrogen-bond acceptors (Lipinski definition) is 3. The fraction of sp³-hybridized carbons (Fsp3) is 0.700. The van der Waals surface area contributed by atoms with E-state index in [4.69, 9.17) is 5.11 Å². The number of carboxylic acids is 1. The Bertz CT molecular complexity index is 296. The Morgan fingerprint density at radius 1 is 1.27 bits per heavy atom. The van der Waals surface area contributed by atoms with E-state index in [0.717, 1.165) is 4.90 Å². The van der Waals surface area contributed by atoms with Gasteiger partial charge in [-0.2, -0.15) is 0 Å². The molecule has 0 rings (SSSR count). The second-order valence-electron chi connectivity index (χ2n) is 4.11. The molecule has 0 aromatic heterocycles. The van der Waals surface area contributed by atoms with E-state index in [2.05, 4.69) is 0 Å². The van der Waals surface area contributed by atoms with Gasteiger partial charge in [-0.25, -0.2) is 4.79 Å². The van der Waals surface area contributed by atoms with Crippen LogP contribution < -0.4 is 0 Å². The quantitative estimate of drug-likeness (QED) is 0.694. The van der Waals surface area contributed by atoms with E-state index in [1.54, 1.807) is 0 Å². The number of nitrogens with zero attached hydrogens (tertiary/aromatic N) is 1. The van der Waals surface area contributed by atoms with E-state index in [1.807, 2.05) is 0 Å². The average molecular weight is 215 g/mol. The smallest absolute Gasteiger partial charge is 0.326 e. The average Bonchev–Trinajstić information content (AvgIpc) is 2.13. The molecule has 0 aromatic carbocycles. The van der Waals surface area contributed by atoms with Gasteiger partial charge < -0.3 is 10.0 Å². The highest BCUT2D eigenvalue weighted by atomic mass is 16.4. The van der Waals surface area contributed by atoms with Crippen LogP contribution >= 0.6 is 0 Å². The topological polar surface area (TPSA) is 74.7 Å². The first-order chi connectivity index (χ1) is 6.62. The summed E-state index contributed by atoms with van der Waals surface area (Å²) in [5, 5.41) is 8.73. The van der Waals surface area contributed by atoms with E-state index in [0.29, 0.717) is 0 Å². The predicted octanol–water partition coefficient (Wildman–Crippen LogP) is 0.533. The maximum atomic E-state index is 11.8. The zero-order chi connectivity index (χ0) is 12.4. The number of Topliss-reactive ketones (excluding diaryl/α,β-unsaturated/α-hetero) is 1. The number of hydrogen-bond donors (Lipinski definition) is 1. The third kappa shape index (κ3) is 2.78. The van der Waals surface area contributed by atoms with Crippen LogP contribution in [0.25, 0.3) is 0 Å². The number of aliphatic carboxylic acids is 1. The minimum absolute atomic E-state index is 0.281. The number of amides is 1. The number of rotatable bonds is 4. The molecule has 0 aliphatic heterocycles. The number of carbonyl (C=O) groups is 3. The van der Waals surface area contributed by atoms with E-state index in [1.165, 1.54) is 34.7 Å². The van der Waals surface area contributed by atoms with Crippen LogP contribution in [0.2, 0.25) is 0 Å². The van der Waals surface area contributed by atoms with Crippen molar-refractivity contribution in [3.8, 4) is 0 Å². The molecule has 1 unspecified atom stereocenters. The van der Waals surface area contributed by atoms with Crippen LogP contribution in [0.5, 0.6) is 0 Å². The molecular formula is C10H17NO4. The summed E-state index contributed by atoms with van der Waals surface area (Å²) in [5.41, 5.74) is -1.17. The molecule has 1 amide bonds. The molecule has 0 bridgehead atoms. The summed E-state index contributed by atoms with van der Waals surface area (Å²) in [6.07, 6.45) is 0. The lowest BCUT2D eigenvalue weighted by Crippen LogP contribution is -2.48. The van der Waals surface area contributed by atoms with Crippen LogP contribution in [0.4, 0.5) is 0 Å². The zero-order valence-electron chi connectivity index (χ0n) is 9.70. The molecule has 86 valence electrons. The summed E-state index contributed by atoms with van der Waals surface area (Å²) < 4.78 is 0. The van der Waals surface area contributed by atoms with Gasteiger partial charge in [0.15, 0.2) is 0 Å². The molecule has 5 nitrogen and oxygen atoms in total. The number of carboxylic acid groups (broad SMARTS) is 1. The van der Waals surface area contributed by atoms with Gasteiger partial charge in [0, 0.05) is 7.05 Å². The van der Waals surface area contributed by atoms with Gasteiger partial charge in [-0.1, -0.05) is 0 Å². The lowest BCUT2D eigenvalue weighted by molar-refractivity contribution is -0.154. The Morgan fingerprint density at radius 2 is 1.67 bits per heavy atom. The van der Waals surface area contributed by atoms with Gasteiger partial charge in [0.1, 0.15) is 17.2 Å². The molecule has 0 heterocycles. The molecule has 0 fully saturated rings. The standard InChI is InChI=1S/C10H17NO4/c1-6(8(13)14)11(5)9(15)10(3,4)7(2)12/h6H,1-5H3,(H,13,14). The third-order valence-electron chi connectivity index (χ3n) is 2.67. The van der Waals surface area contributed by atoms with Crippen molar-refractivity contribution in [1.82, 2.24) is 4.90 Å². The molecule has 0 spiro atoms. The zero-order valence-corrected chi connectivity index (χ0v) is 9.70. The molecule has 15 heavy (non-hydrogen) atoms. The summed E-state index contributed by atoms with van der Waals surface area (Å²) in [5.74, 6) is -1.85. The van der Waals surface area contributed by atoms with Crippen molar-refractivity contribution in [2.24, 2.45) is 5.41 Å². The second-order valence-corrected chi connectivity index (χ2v) is 4.11. The fourth-order valence-corrected chi connectivity index (χ4v) is 0.933. The van der Waals surface area contributed by atoms with Crippen molar-refractivity contribution in [3.63, 3.8) is 0 Å². The molecule has 0 saturated heterocycles. The maximum Gasteiger partial charge on any atom is 0.326 e. The summed E-state index contributed by atoms with van der Waals surface area (Å²) in [4.78, 5) is 34.7. The highest BCUT2D eigenvalue weighted by Gasteiger charge is 2.37. The van der Waals surface area contributed by atoms with Gasteiger partial charge in [0.2, 0.25) is 5.91 Å². The number of ketones is 1. The highest BCUT2D eigenvalue weighted by molar-refractivity contribution is 6.04. The van der Waals surface area contributed by atoms with Crippen molar-refractivity contribution in [2.75, 3.05) is 7.05 Å². The molecule has 0 aliphatic carbocycles. The Balaban J connectivity index is 4.87. The van der Waals surface area contributed by atoms with Gasteiger partial charge in [-0.15, -0.1) is 0 Å². The van der Waals surface area contributed by atoms with Crippen LogP contribution in [-0.4, -0.2) is 40.8 Å². The largest absolute Gasteiger partial charge is 0.480 e. The first-order valence-electron chi connectivity index (χ1n) is 4.63. The van der Waals surface area contributed by atoms with Crippen LogP contribution in [0, 0.1) is 5.41 Å². The summed E-state index contributed by atoms with van der Waals surface area (Å²) in [6.45, 7) is 5.69. The van der Waals surface area contributed by atoms with Crippen molar-refractivity contribution in [1.29, 1.82) is 0 Å². The van der Waals surface area contributed by atoms with Gasteiger partial charge in [0.25, 0.3) is 0 Å². The highest BCUT2D eigenvalue weighted by Crippen LogP contribution is 2.20. The Labute approximate surface area is 89.1 Å². The molecule has 0 aromatic rings. The van der Waals surface area contributed by atoms with Crippen molar-refractivity contribution in [3.05, 3.63) is 0 Å². The van der Waals surface area contributed by atoms with Crippen molar-refractivity contribution >= 4 is 17.7 Å². The minimum atomic E-state index is -1.17. The lowest BCUT2D eigenvalue weighted by Gasteiger charge is -2.29. The van der Waals surface area contributed by atoms with Gasteiger partial charge in [0.05, 0.1) is 0 Å². The Morgan fingerprint density at radius 3 is 1.93 bits per heavy atom. The normalized spacial score (nSPS) is 13.1. The van der Waals surface area contributed by atoms with E-state index in [9.17, 15) is 14.4 Å². The summed E-state index contributed by atoms with van der Waals surface area (Å²) in [7, 11) is 1.38. The van der Waals surface area contributed by atoms with Crippen LogP contribution in [0.3, 0.4) is 0 Å². The summed E-state index contributed by atoms with van der Waals surface area (Å²) in [6, 6.07) is -0.934. The van der Waals surface area contributed by atoms with E-state index < -0.39 is 23.3 Å². The Hall–Kier alpha value is -1.39. The van der Waals surface area contributed by atoms with Gasteiger partial charge >= 0.3 is 5.97 Å². The molecular weight excluding hydrogens is 198 g/mol. The first-order valence-corrected chi connectivity index (χ1v) is 4.63. The third-order valence-corrected chi connectivity index (χ3v) is 2.67. The Kier molecular flexibility index (Phi) is 4.01. The second kappa shape index (κ2) is 4.42. The van der Waals surface area contributed by atoms with E-state index in [-0.39, 0.29) is 5.78 Å². The maximum absolute atomic E-state index is 11.8. The van der Waals surface area contributed by atoms with Crippen LogP contribution in [-0.2, 0) is 14.4 Å². The fourth-order valence-electron chi connectivity index (χ4n) is 0.933. The molecule has 0 saturated carbocycles. The van der Waals surface area contributed by atoms with Gasteiger partial charge in [-0.3, -0.25) is 9.59 Å². The first kappa shape index (κ1) is 13.6. The van der Waals surface area contributed by atoms with Crippen molar-refractivity contribution in [2.45, 2.75) is 33.7 Å². The molecule has 1 N–H and O–H groups in total. The monoisotopic (exact) mass is 215 g/mol. The van der Waals surface area contributed by atoms with Crippen LogP contribution in [0.15, 0.2) is 0 Å². The molecule has 0 radical (unpaired) electrons. The SMILES string of the molecule is CC(=O)C(C)(C)C(=O)N(C)C(C)C(=O)O. The van der Waals surface area contributed by atoms with Crippen molar-refractivity contribution < 1.29 is 19.5 Å². The number of likely N-dealkylation sites (N-methyl/N-ethyl adjacent to an activating group) is 1. The minimum Gasteiger partial charge on any atom is -0.480 e. The summed E-state index contributed by atoms with van der Waals surface area (Å²) >= 11 is 0. The number of carbonyl (C=O) groups excluding carboxylic acids is 2. The van der Waals surface area contributed by atoms with Crippen LogP contribution in [0.1, 0.15) is 27.7 Å².